The number of likely N-dealkylation sites (tertiary alicyclic amines) is 1. The lowest BCUT2D eigenvalue weighted by molar-refractivity contribution is 0.0772. The van der Waals surface area contributed by atoms with E-state index in [2.05, 4.69) is 14.8 Å². The molecule has 3 fully saturated rings. The molecule has 6 heteroatoms. The number of carbonyl (C=O) groups excluding carboxylic acids is 1. The van der Waals surface area contributed by atoms with Crippen LogP contribution in [0, 0.1) is 5.41 Å². The number of hydrogen-bond acceptors (Lipinski definition) is 4. The molecule has 6 nitrogen and oxygen atoms in total. The quantitative estimate of drug-likeness (QED) is 0.870. The van der Waals surface area contributed by atoms with Crippen LogP contribution in [-0.2, 0) is 0 Å². The fraction of sp³-hybridized carbons (Fsp3) is 0.611. The molecule has 1 unspecified atom stereocenters. The minimum Gasteiger partial charge on any atom is -0.472 e. The highest BCUT2D eigenvalue weighted by atomic mass is 16.3. The first-order valence-electron chi connectivity index (χ1n) is 8.98. The lowest BCUT2D eigenvalue weighted by Gasteiger charge is -2.29. The van der Waals surface area contributed by atoms with E-state index in [0.29, 0.717) is 17.5 Å². The number of amides is 1. The summed E-state index contributed by atoms with van der Waals surface area (Å²) in [4.78, 5) is 14.8. The minimum atomic E-state index is 0.0787. The summed E-state index contributed by atoms with van der Waals surface area (Å²) < 4.78 is 7.37. The maximum Gasteiger partial charge on any atom is 0.257 e. The molecule has 2 aliphatic carbocycles. The smallest absolute Gasteiger partial charge is 0.257 e. The fourth-order valence-corrected chi connectivity index (χ4v) is 4.77. The predicted molar refractivity (Wildman–Crippen MR) is 86.5 cm³/mol. The molecule has 0 N–H and O–H groups in total. The Balaban J connectivity index is 1.48. The van der Waals surface area contributed by atoms with Crippen molar-refractivity contribution in [3.63, 3.8) is 0 Å². The van der Waals surface area contributed by atoms with Crippen LogP contribution < -0.4 is 0 Å². The molecule has 0 bridgehead atoms. The summed E-state index contributed by atoms with van der Waals surface area (Å²) in [5.41, 5.74) is 0.825. The molecule has 1 saturated heterocycles. The van der Waals surface area contributed by atoms with E-state index < -0.39 is 0 Å². The molecule has 0 radical (unpaired) electrons. The van der Waals surface area contributed by atoms with Gasteiger partial charge in [0, 0.05) is 25.0 Å². The van der Waals surface area contributed by atoms with Crippen LogP contribution in [0.3, 0.4) is 0 Å². The highest BCUT2D eigenvalue weighted by molar-refractivity contribution is 5.94. The Bertz CT molecular complexity index is 741. The highest BCUT2D eigenvalue weighted by Crippen LogP contribution is 2.54. The maximum absolute atomic E-state index is 12.8. The zero-order valence-corrected chi connectivity index (χ0v) is 13.7. The van der Waals surface area contributed by atoms with Crippen LogP contribution in [0.1, 0.15) is 66.7 Å². The van der Waals surface area contributed by atoms with Crippen LogP contribution in [0.2, 0.25) is 0 Å². The third-order valence-corrected chi connectivity index (χ3v) is 6.16. The zero-order valence-electron chi connectivity index (χ0n) is 13.7. The molecule has 126 valence electrons. The third kappa shape index (κ3) is 2.12. The van der Waals surface area contributed by atoms with Crippen LogP contribution in [0.5, 0.6) is 0 Å². The van der Waals surface area contributed by atoms with Gasteiger partial charge in [-0.05, 0) is 37.2 Å². The molecule has 1 aliphatic heterocycles. The Hall–Kier alpha value is -2.11. The number of hydrogen-bond donors (Lipinski definition) is 0. The van der Waals surface area contributed by atoms with Crippen molar-refractivity contribution >= 4 is 5.91 Å². The second kappa shape index (κ2) is 5.19. The van der Waals surface area contributed by atoms with E-state index >= 15 is 0 Å². The lowest BCUT2D eigenvalue weighted by atomic mass is 9.76. The molecule has 24 heavy (non-hydrogen) atoms. The van der Waals surface area contributed by atoms with Gasteiger partial charge in [0.1, 0.15) is 18.4 Å². The van der Waals surface area contributed by atoms with E-state index in [9.17, 15) is 4.79 Å². The Morgan fingerprint density at radius 3 is 2.83 bits per heavy atom. The molecule has 2 aromatic heterocycles. The van der Waals surface area contributed by atoms with E-state index in [1.807, 2.05) is 11.2 Å². The van der Waals surface area contributed by atoms with Crippen LogP contribution in [0.25, 0.3) is 0 Å². The topological polar surface area (TPSA) is 64.2 Å². The van der Waals surface area contributed by atoms with Gasteiger partial charge in [0.15, 0.2) is 0 Å². The van der Waals surface area contributed by atoms with Gasteiger partial charge in [-0.25, -0.2) is 0 Å². The van der Waals surface area contributed by atoms with Crippen molar-refractivity contribution in [3.8, 4) is 0 Å². The zero-order chi connectivity index (χ0) is 16.1. The average Bonchev–Trinajstić information content (AvgIpc) is 3.10. The van der Waals surface area contributed by atoms with Crippen molar-refractivity contribution in [2.45, 2.75) is 50.5 Å². The van der Waals surface area contributed by atoms with Gasteiger partial charge < -0.3 is 13.9 Å². The number of nitrogens with zero attached hydrogens (tertiary/aromatic N) is 4. The van der Waals surface area contributed by atoms with E-state index in [0.717, 1.165) is 18.9 Å². The number of rotatable bonds is 3. The highest BCUT2D eigenvalue weighted by Gasteiger charge is 2.52. The summed E-state index contributed by atoms with van der Waals surface area (Å²) in [7, 11) is 0. The number of carbonyl (C=O) groups is 1. The van der Waals surface area contributed by atoms with Gasteiger partial charge in [-0.15, -0.1) is 10.2 Å². The molecule has 2 aromatic rings. The van der Waals surface area contributed by atoms with Crippen LogP contribution in [-0.4, -0.2) is 38.7 Å². The first-order valence-corrected chi connectivity index (χ1v) is 8.98. The van der Waals surface area contributed by atoms with Crippen molar-refractivity contribution in [1.29, 1.82) is 0 Å². The van der Waals surface area contributed by atoms with Crippen molar-refractivity contribution < 1.29 is 9.21 Å². The SMILES string of the molecule is O=C(c1ccoc1)N1CC(c2nncn2C2CC2)C2(CCCC2)C1. The molecule has 1 amide bonds. The fourth-order valence-electron chi connectivity index (χ4n) is 4.77. The van der Waals surface area contributed by atoms with E-state index in [1.54, 1.807) is 18.6 Å². The molecule has 1 spiro atoms. The van der Waals surface area contributed by atoms with Gasteiger partial charge in [0.25, 0.3) is 5.91 Å². The Kier molecular flexibility index (Phi) is 3.08. The third-order valence-electron chi connectivity index (χ3n) is 6.16. The first-order chi connectivity index (χ1) is 11.8. The minimum absolute atomic E-state index is 0.0787. The summed E-state index contributed by atoms with van der Waals surface area (Å²) in [6.07, 6.45) is 12.3. The summed E-state index contributed by atoms with van der Waals surface area (Å²) in [6.45, 7) is 1.58. The summed E-state index contributed by atoms with van der Waals surface area (Å²) in [6, 6.07) is 2.33. The van der Waals surface area contributed by atoms with Crippen molar-refractivity contribution in [2.75, 3.05) is 13.1 Å². The molecule has 3 heterocycles. The number of furan rings is 1. The van der Waals surface area contributed by atoms with Crippen LogP contribution in [0.15, 0.2) is 29.3 Å². The van der Waals surface area contributed by atoms with Crippen LogP contribution in [0.4, 0.5) is 0 Å². The molecule has 5 rings (SSSR count). The monoisotopic (exact) mass is 326 g/mol. The summed E-state index contributed by atoms with van der Waals surface area (Å²) in [5, 5.41) is 8.69. The predicted octanol–water partition coefficient (Wildman–Crippen LogP) is 3.01. The average molecular weight is 326 g/mol. The Morgan fingerprint density at radius 1 is 1.29 bits per heavy atom. The van der Waals surface area contributed by atoms with Crippen LogP contribution >= 0.6 is 0 Å². The molecule has 0 aromatic carbocycles. The van der Waals surface area contributed by atoms with E-state index in [1.165, 1.54) is 38.5 Å². The number of aromatic nitrogens is 3. The van der Waals surface area contributed by atoms with Gasteiger partial charge in [-0.1, -0.05) is 12.8 Å². The van der Waals surface area contributed by atoms with Crippen molar-refractivity contribution in [2.24, 2.45) is 5.41 Å². The van der Waals surface area contributed by atoms with Gasteiger partial charge in [-0.2, -0.15) is 0 Å². The van der Waals surface area contributed by atoms with Gasteiger partial charge in [0.2, 0.25) is 0 Å². The van der Waals surface area contributed by atoms with Gasteiger partial charge in [0.05, 0.1) is 11.8 Å². The normalized spacial score (nSPS) is 25.7. The Morgan fingerprint density at radius 2 is 2.12 bits per heavy atom. The Labute approximate surface area is 140 Å². The first kappa shape index (κ1) is 14.3. The maximum atomic E-state index is 12.8. The van der Waals surface area contributed by atoms with E-state index in [4.69, 9.17) is 4.42 Å². The standard InChI is InChI=1S/C18H22N4O2/c23-17(13-5-8-24-10-13)21-9-15(18(11-21)6-1-2-7-18)16-20-19-12-22(16)14-3-4-14/h5,8,10,12,14-15H,1-4,6-7,9,11H2. The van der Waals surface area contributed by atoms with Crippen molar-refractivity contribution in [1.82, 2.24) is 19.7 Å². The lowest BCUT2D eigenvalue weighted by Crippen LogP contribution is -2.31. The molecule has 2 saturated carbocycles. The molecule has 3 aliphatic rings. The second-order valence-corrected chi connectivity index (χ2v) is 7.65. The van der Waals surface area contributed by atoms with Crippen molar-refractivity contribution in [3.05, 3.63) is 36.3 Å². The molecular formula is C18H22N4O2. The van der Waals surface area contributed by atoms with Gasteiger partial charge in [-0.3, -0.25) is 4.79 Å². The van der Waals surface area contributed by atoms with Gasteiger partial charge >= 0.3 is 0 Å². The second-order valence-electron chi connectivity index (χ2n) is 7.65. The summed E-state index contributed by atoms with van der Waals surface area (Å²) in [5.74, 6) is 1.48. The molecular weight excluding hydrogens is 304 g/mol. The van der Waals surface area contributed by atoms with E-state index in [-0.39, 0.29) is 11.3 Å². The summed E-state index contributed by atoms with van der Waals surface area (Å²) >= 11 is 0. The largest absolute Gasteiger partial charge is 0.472 e. The molecule has 1 atom stereocenters.